The highest BCUT2D eigenvalue weighted by molar-refractivity contribution is 5.06. The normalized spacial score (nSPS) is 55.3. The van der Waals surface area contributed by atoms with E-state index in [1.165, 1.54) is 32.1 Å². The average molecular weight is 195 g/mol. The van der Waals surface area contributed by atoms with Crippen molar-refractivity contribution in [2.24, 2.45) is 34.8 Å². The van der Waals surface area contributed by atoms with Crippen molar-refractivity contribution < 1.29 is 5.11 Å². The SMILES string of the molecule is NCC1(CO)C2CC3CC(C2)CC1C3. The van der Waals surface area contributed by atoms with Crippen LogP contribution < -0.4 is 5.73 Å². The standard InChI is InChI=1S/C12H21NO/c13-6-12(7-14)10-2-8-1-9(4-10)5-11(12)3-8/h8-11,14H,1-7,13H2. The molecule has 0 aromatic heterocycles. The van der Waals surface area contributed by atoms with Crippen LogP contribution >= 0.6 is 0 Å². The molecular formula is C12H21NO. The number of hydrogen-bond acceptors (Lipinski definition) is 2. The molecule has 4 aliphatic carbocycles. The quantitative estimate of drug-likeness (QED) is 0.699. The summed E-state index contributed by atoms with van der Waals surface area (Å²) in [6.45, 7) is 1.04. The molecule has 0 aromatic rings. The second kappa shape index (κ2) is 2.96. The summed E-state index contributed by atoms with van der Waals surface area (Å²) in [4.78, 5) is 0. The zero-order valence-electron chi connectivity index (χ0n) is 8.78. The van der Waals surface area contributed by atoms with Crippen LogP contribution in [-0.2, 0) is 0 Å². The van der Waals surface area contributed by atoms with Gasteiger partial charge < -0.3 is 10.8 Å². The maximum absolute atomic E-state index is 9.67. The predicted octanol–water partition coefficient (Wildman–Crippen LogP) is 1.38. The van der Waals surface area contributed by atoms with Crippen molar-refractivity contribution in [2.45, 2.75) is 32.1 Å². The van der Waals surface area contributed by atoms with Gasteiger partial charge in [-0.2, -0.15) is 0 Å². The van der Waals surface area contributed by atoms with Gasteiger partial charge >= 0.3 is 0 Å². The van der Waals surface area contributed by atoms with Gasteiger partial charge in [-0.3, -0.25) is 0 Å². The average Bonchev–Trinajstić information content (AvgIpc) is 2.18. The van der Waals surface area contributed by atoms with Crippen molar-refractivity contribution in [1.29, 1.82) is 0 Å². The molecule has 0 aliphatic heterocycles. The second-order valence-corrected chi connectivity index (χ2v) is 5.90. The largest absolute Gasteiger partial charge is 0.396 e. The van der Waals surface area contributed by atoms with E-state index in [2.05, 4.69) is 0 Å². The molecule has 0 amide bonds. The zero-order valence-corrected chi connectivity index (χ0v) is 8.78. The van der Waals surface area contributed by atoms with Gasteiger partial charge in [-0.25, -0.2) is 0 Å². The van der Waals surface area contributed by atoms with Crippen LogP contribution in [0, 0.1) is 29.1 Å². The van der Waals surface area contributed by atoms with Gasteiger partial charge in [-0.05, 0) is 55.8 Å². The van der Waals surface area contributed by atoms with Gasteiger partial charge in [-0.1, -0.05) is 0 Å². The van der Waals surface area contributed by atoms with E-state index in [1.54, 1.807) is 0 Å². The Balaban J connectivity index is 1.93. The van der Waals surface area contributed by atoms with Crippen LogP contribution in [0.4, 0.5) is 0 Å². The van der Waals surface area contributed by atoms with E-state index in [9.17, 15) is 5.11 Å². The predicted molar refractivity (Wildman–Crippen MR) is 55.6 cm³/mol. The third kappa shape index (κ3) is 0.989. The minimum absolute atomic E-state index is 0.118. The Bertz CT molecular complexity index is 204. The lowest BCUT2D eigenvalue weighted by molar-refractivity contribution is -0.126. The van der Waals surface area contributed by atoms with E-state index in [-0.39, 0.29) is 5.41 Å². The Hall–Kier alpha value is -0.0800. The van der Waals surface area contributed by atoms with Gasteiger partial charge in [0.15, 0.2) is 0 Å². The number of rotatable bonds is 2. The van der Waals surface area contributed by atoms with Crippen molar-refractivity contribution in [3.63, 3.8) is 0 Å². The van der Waals surface area contributed by atoms with Gasteiger partial charge in [0, 0.05) is 12.0 Å². The number of aliphatic hydroxyl groups is 1. The molecule has 0 radical (unpaired) electrons. The second-order valence-electron chi connectivity index (χ2n) is 5.90. The summed E-state index contributed by atoms with van der Waals surface area (Å²) >= 11 is 0. The lowest BCUT2D eigenvalue weighted by Crippen LogP contribution is -2.57. The molecule has 4 rings (SSSR count). The molecule has 14 heavy (non-hydrogen) atoms. The summed E-state index contributed by atoms with van der Waals surface area (Å²) in [5.41, 5.74) is 6.06. The zero-order chi connectivity index (χ0) is 9.76. The molecule has 3 N–H and O–H groups in total. The Morgan fingerprint density at radius 1 is 1.00 bits per heavy atom. The summed E-state index contributed by atoms with van der Waals surface area (Å²) in [6, 6.07) is 0. The fraction of sp³-hybridized carbons (Fsp3) is 1.00. The molecule has 2 nitrogen and oxygen atoms in total. The number of hydrogen-bond donors (Lipinski definition) is 2. The van der Waals surface area contributed by atoms with Crippen LogP contribution in [0.5, 0.6) is 0 Å². The van der Waals surface area contributed by atoms with Gasteiger partial charge in [0.1, 0.15) is 0 Å². The molecule has 0 aromatic carbocycles. The maximum atomic E-state index is 9.67. The van der Waals surface area contributed by atoms with Gasteiger partial charge in [0.05, 0.1) is 6.61 Å². The molecule has 4 aliphatic rings. The first-order chi connectivity index (χ1) is 6.78. The topological polar surface area (TPSA) is 46.2 Å². The van der Waals surface area contributed by atoms with Gasteiger partial charge in [0.2, 0.25) is 0 Å². The summed E-state index contributed by atoms with van der Waals surface area (Å²) in [5.74, 6) is 3.44. The molecule has 0 unspecified atom stereocenters. The van der Waals surface area contributed by atoms with Crippen LogP contribution in [0.15, 0.2) is 0 Å². The van der Waals surface area contributed by atoms with Crippen LogP contribution in [-0.4, -0.2) is 18.3 Å². The Kier molecular flexibility index (Phi) is 1.94. The fourth-order valence-corrected chi connectivity index (χ4v) is 4.78. The van der Waals surface area contributed by atoms with E-state index in [4.69, 9.17) is 5.73 Å². The lowest BCUT2D eigenvalue weighted by atomic mass is 9.45. The molecule has 0 spiro atoms. The van der Waals surface area contributed by atoms with E-state index in [0.29, 0.717) is 13.2 Å². The monoisotopic (exact) mass is 195 g/mol. The van der Waals surface area contributed by atoms with Crippen molar-refractivity contribution in [3.05, 3.63) is 0 Å². The third-order valence-electron chi connectivity index (χ3n) is 5.44. The summed E-state index contributed by atoms with van der Waals surface area (Å²) in [7, 11) is 0. The molecule has 0 atom stereocenters. The van der Waals surface area contributed by atoms with Gasteiger partial charge in [-0.15, -0.1) is 0 Å². The molecule has 4 bridgehead atoms. The lowest BCUT2D eigenvalue weighted by Gasteiger charge is -2.60. The first-order valence-electron chi connectivity index (χ1n) is 6.09. The van der Waals surface area contributed by atoms with Crippen LogP contribution in [0.25, 0.3) is 0 Å². The first-order valence-corrected chi connectivity index (χ1v) is 6.09. The highest BCUT2D eigenvalue weighted by Gasteiger charge is 2.55. The minimum Gasteiger partial charge on any atom is -0.396 e. The van der Waals surface area contributed by atoms with E-state index < -0.39 is 0 Å². The Morgan fingerprint density at radius 3 is 1.86 bits per heavy atom. The molecular weight excluding hydrogens is 174 g/mol. The van der Waals surface area contributed by atoms with Crippen molar-refractivity contribution >= 4 is 0 Å². The van der Waals surface area contributed by atoms with Crippen LogP contribution in [0.2, 0.25) is 0 Å². The fourth-order valence-electron chi connectivity index (χ4n) is 4.78. The third-order valence-corrected chi connectivity index (χ3v) is 5.44. The smallest absolute Gasteiger partial charge is 0.0504 e. The molecule has 0 saturated heterocycles. The highest BCUT2D eigenvalue weighted by atomic mass is 16.3. The van der Waals surface area contributed by atoms with Gasteiger partial charge in [0.25, 0.3) is 0 Å². The molecule has 0 heterocycles. The molecule has 2 heteroatoms. The van der Waals surface area contributed by atoms with Crippen molar-refractivity contribution in [1.82, 2.24) is 0 Å². The molecule has 4 fully saturated rings. The Morgan fingerprint density at radius 2 is 1.50 bits per heavy atom. The molecule has 4 saturated carbocycles. The summed E-state index contributed by atoms with van der Waals surface area (Å²) < 4.78 is 0. The van der Waals surface area contributed by atoms with E-state index >= 15 is 0 Å². The summed E-state index contributed by atoms with van der Waals surface area (Å²) in [5, 5.41) is 9.67. The van der Waals surface area contributed by atoms with Crippen LogP contribution in [0.1, 0.15) is 32.1 Å². The van der Waals surface area contributed by atoms with Crippen LogP contribution in [0.3, 0.4) is 0 Å². The maximum Gasteiger partial charge on any atom is 0.0504 e. The van der Waals surface area contributed by atoms with Crippen molar-refractivity contribution in [2.75, 3.05) is 13.2 Å². The summed E-state index contributed by atoms with van der Waals surface area (Å²) in [6.07, 6.45) is 6.88. The Labute approximate surface area is 85.9 Å². The number of nitrogens with two attached hydrogens (primary N) is 1. The van der Waals surface area contributed by atoms with E-state index in [1.807, 2.05) is 0 Å². The highest BCUT2D eigenvalue weighted by Crippen LogP contribution is 2.61. The first kappa shape index (κ1) is 9.17. The van der Waals surface area contributed by atoms with E-state index in [0.717, 1.165) is 23.7 Å². The number of aliphatic hydroxyl groups excluding tert-OH is 1. The molecule has 80 valence electrons. The minimum atomic E-state index is 0.118. The van der Waals surface area contributed by atoms with Crippen molar-refractivity contribution in [3.8, 4) is 0 Å².